The zero-order valence-electron chi connectivity index (χ0n) is 8.11. The minimum atomic E-state index is 0.512. The molecule has 0 unspecified atom stereocenters. The first-order valence-electron chi connectivity index (χ1n) is 4.68. The first kappa shape index (κ1) is 10.4. The van der Waals surface area contributed by atoms with Crippen LogP contribution in [0.5, 0.6) is 5.75 Å². The van der Waals surface area contributed by atoms with Crippen molar-refractivity contribution in [1.29, 1.82) is 0 Å². The Morgan fingerprint density at radius 3 is 2.93 bits per heavy atom. The molecule has 0 aliphatic rings. The second-order valence-electron chi connectivity index (χ2n) is 3.10. The van der Waals surface area contributed by atoms with Gasteiger partial charge in [-0.05, 0) is 18.2 Å². The molecule has 0 saturated heterocycles. The molecular formula is C11H11BrN2O. The van der Waals surface area contributed by atoms with Crippen LogP contribution < -0.4 is 10.5 Å². The van der Waals surface area contributed by atoms with Crippen LogP contribution in [0.25, 0.3) is 10.8 Å². The minimum absolute atomic E-state index is 0.512. The predicted octanol–water partition coefficient (Wildman–Crippen LogP) is 2.33. The Balaban J connectivity index is 2.51. The van der Waals surface area contributed by atoms with Crippen molar-refractivity contribution in [1.82, 2.24) is 4.98 Å². The largest absolute Gasteiger partial charge is 0.492 e. The van der Waals surface area contributed by atoms with Crippen molar-refractivity contribution in [3.05, 3.63) is 35.1 Å². The lowest BCUT2D eigenvalue weighted by Crippen LogP contribution is -2.10. The molecule has 0 aliphatic carbocycles. The Morgan fingerprint density at radius 2 is 2.13 bits per heavy atom. The Bertz CT molecular complexity index is 473. The molecule has 0 fully saturated rings. The lowest BCUT2D eigenvalue weighted by Gasteiger charge is -2.08. The van der Waals surface area contributed by atoms with Gasteiger partial charge in [0.25, 0.3) is 0 Å². The van der Waals surface area contributed by atoms with Gasteiger partial charge in [0.15, 0.2) is 0 Å². The number of fused-ring (bicyclic) bond motifs is 1. The third-order valence-electron chi connectivity index (χ3n) is 2.10. The number of hydrogen-bond acceptors (Lipinski definition) is 3. The van der Waals surface area contributed by atoms with E-state index in [4.69, 9.17) is 10.5 Å². The summed E-state index contributed by atoms with van der Waals surface area (Å²) in [5.74, 6) is 0.826. The minimum Gasteiger partial charge on any atom is -0.492 e. The normalized spacial score (nSPS) is 10.5. The van der Waals surface area contributed by atoms with Gasteiger partial charge in [0.05, 0.1) is 0 Å². The Morgan fingerprint density at radius 1 is 1.27 bits per heavy atom. The van der Waals surface area contributed by atoms with Gasteiger partial charge in [-0.2, -0.15) is 0 Å². The van der Waals surface area contributed by atoms with E-state index in [0.717, 1.165) is 21.0 Å². The molecule has 0 saturated carbocycles. The van der Waals surface area contributed by atoms with Crippen molar-refractivity contribution in [3.63, 3.8) is 0 Å². The maximum atomic E-state index is 5.54. The number of hydrogen-bond donors (Lipinski definition) is 1. The summed E-state index contributed by atoms with van der Waals surface area (Å²) < 4.78 is 6.58. The highest BCUT2D eigenvalue weighted by Gasteiger charge is 2.04. The van der Waals surface area contributed by atoms with Crippen molar-refractivity contribution in [2.75, 3.05) is 13.2 Å². The molecule has 2 aromatic rings. The van der Waals surface area contributed by atoms with E-state index in [0.29, 0.717) is 13.2 Å². The summed E-state index contributed by atoms with van der Waals surface area (Å²) in [6, 6.07) is 5.84. The molecule has 2 rings (SSSR count). The lowest BCUT2D eigenvalue weighted by atomic mass is 10.1. The third kappa shape index (κ3) is 2.11. The topological polar surface area (TPSA) is 48.1 Å². The van der Waals surface area contributed by atoms with E-state index in [9.17, 15) is 0 Å². The van der Waals surface area contributed by atoms with Crippen molar-refractivity contribution < 1.29 is 4.74 Å². The standard InChI is InChI=1S/C11H11BrN2O/c12-10-1-2-11(15-6-4-13)9-7-14-5-3-8(9)10/h1-3,5,7H,4,6,13H2. The molecule has 2 N–H and O–H groups in total. The zero-order chi connectivity index (χ0) is 10.7. The van der Waals surface area contributed by atoms with Crippen LogP contribution in [0.1, 0.15) is 0 Å². The molecule has 0 amide bonds. The zero-order valence-corrected chi connectivity index (χ0v) is 9.70. The van der Waals surface area contributed by atoms with E-state index >= 15 is 0 Å². The number of halogens is 1. The summed E-state index contributed by atoms with van der Waals surface area (Å²) in [5.41, 5.74) is 5.40. The molecular weight excluding hydrogens is 256 g/mol. The average molecular weight is 267 g/mol. The number of benzene rings is 1. The maximum absolute atomic E-state index is 5.54. The molecule has 0 aliphatic heterocycles. The molecule has 1 aromatic carbocycles. The highest BCUT2D eigenvalue weighted by molar-refractivity contribution is 9.10. The van der Waals surface area contributed by atoms with E-state index in [2.05, 4.69) is 20.9 Å². The van der Waals surface area contributed by atoms with Gasteiger partial charge in [0, 0.05) is 34.2 Å². The molecule has 78 valence electrons. The number of aromatic nitrogens is 1. The van der Waals surface area contributed by atoms with Gasteiger partial charge in [-0.1, -0.05) is 15.9 Å². The van der Waals surface area contributed by atoms with Crippen LogP contribution in [0.4, 0.5) is 0 Å². The highest BCUT2D eigenvalue weighted by Crippen LogP contribution is 2.30. The molecule has 3 nitrogen and oxygen atoms in total. The summed E-state index contributed by atoms with van der Waals surface area (Å²) in [5, 5.41) is 2.10. The van der Waals surface area contributed by atoms with E-state index in [1.54, 1.807) is 12.4 Å². The van der Waals surface area contributed by atoms with Gasteiger partial charge in [0.1, 0.15) is 12.4 Å². The molecule has 1 heterocycles. The Hall–Kier alpha value is -1.13. The van der Waals surface area contributed by atoms with Crippen LogP contribution in [0.15, 0.2) is 35.1 Å². The summed E-state index contributed by atoms with van der Waals surface area (Å²) in [4.78, 5) is 4.09. The van der Waals surface area contributed by atoms with Gasteiger partial charge >= 0.3 is 0 Å². The van der Waals surface area contributed by atoms with E-state index in [1.165, 1.54) is 0 Å². The van der Waals surface area contributed by atoms with Crippen molar-refractivity contribution >= 4 is 26.7 Å². The first-order valence-corrected chi connectivity index (χ1v) is 5.47. The molecule has 0 bridgehead atoms. The molecule has 1 aromatic heterocycles. The fourth-order valence-corrected chi connectivity index (χ4v) is 1.90. The van der Waals surface area contributed by atoms with Crippen LogP contribution in [0.3, 0.4) is 0 Å². The maximum Gasteiger partial charge on any atom is 0.128 e. The van der Waals surface area contributed by atoms with Gasteiger partial charge < -0.3 is 10.5 Å². The Kier molecular flexibility index (Phi) is 3.18. The van der Waals surface area contributed by atoms with Crippen LogP contribution >= 0.6 is 15.9 Å². The average Bonchev–Trinajstić information content (AvgIpc) is 2.29. The lowest BCUT2D eigenvalue weighted by molar-refractivity contribution is 0.332. The molecule has 0 radical (unpaired) electrons. The number of rotatable bonds is 3. The van der Waals surface area contributed by atoms with Gasteiger partial charge in [0.2, 0.25) is 0 Å². The summed E-state index contributed by atoms with van der Waals surface area (Å²) in [6.07, 6.45) is 3.56. The number of nitrogens with two attached hydrogens (primary N) is 1. The molecule has 4 heteroatoms. The summed E-state index contributed by atoms with van der Waals surface area (Å²) >= 11 is 3.49. The molecule has 0 spiro atoms. The summed E-state index contributed by atoms with van der Waals surface area (Å²) in [7, 11) is 0. The number of nitrogens with zero attached hydrogens (tertiary/aromatic N) is 1. The second kappa shape index (κ2) is 4.59. The summed E-state index contributed by atoms with van der Waals surface area (Å²) in [6.45, 7) is 1.03. The predicted molar refractivity (Wildman–Crippen MR) is 64.0 cm³/mol. The van der Waals surface area contributed by atoms with E-state index < -0.39 is 0 Å². The molecule has 15 heavy (non-hydrogen) atoms. The van der Waals surface area contributed by atoms with Crippen molar-refractivity contribution in [2.24, 2.45) is 5.73 Å². The fourth-order valence-electron chi connectivity index (χ4n) is 1.42. The van der Waals surface area contributed by atoms with Crippen LogP contribution in [-0.2, 0) is 0 Å². The van der Waals surface area contributed by atoms with E-state index in [-0.39, 0.29) is 0 Å². The van der Waals surface area contributed by atoms with Gasteiger partial charge in [-0.3, -0.25) is 4.98 Å². The fraction of sp³-hybridized carbons (Fsp3) is 0.182. The Labute approximate surface area is 96.4 Å². The van der Waals surface area contributed by atoms with Crippen molar-refractivity contribution in [2.45, 2.75) is 0 Å². The number of ether oxygens (including phenoxy) is 1. The SMILES string of the molecule is NCCOc1ccc(Br)c2ccncc12. The van der Waals surface area contributed by atoms with Crippen molar-refractivity contribution in [3.8, 4) is 5.75 Å². The third-order valence-corrected chi connectivity index (χ3v) is 2.79. The van der Waals surface area contributed by atoms with Crippen LogP contribution in [0, 0.1) is 0 Å². The van der Waals surface area contributed by atoms with E-state index in [1.807, 2.05) is 18.2 Å². The van der Waals surface area contributed by atoms with Gasteiger partial charge in [-0.25, -0.2) is 0 Å². The van der Waals surface area contributed by atoms with Gasteiger partial charge in [-0.15, -0.1) is 0 Å². The van der Waals surface area contributed by atoms with Crippen LogP contribution in [0.2, 0.25) is 0 Å². The monoisotopic (exact) mass is 266 g/mol. The number of pyridine rings is 1. The first-order chi connectivity index (χ1) is 7.33. The highest BCUT2D eigenvalue weighted by atomic mass is 79.9. The quantitative estimate of drug-likeness (QED) is 0.928. The molecule has 0 atom stereocenters. The van der Waals surface area contributed by atoms with Crippen LogP contribution in [-0.4, -0.2) is 18.1 Å². The smallest absolute Gasteiger partial charge is 0.128 e. The second-order valence-corrected chi connectivity index (χ2v) is 3.96.